The van der Waals surface area contributed by atoms with Crippen LogP contribution in [0.3, 0.4) is 0 Å². The minimum atomic E-state index is -3.67. The molecule has 0 fully saturated rings. The van der Waals surface area contributed by atoms with E-state index < -0.39 is 10.1 Å². The van der Waals surface area contributed by atoms with E-state index in [1.54, 1.807) is 0 Å². The predicted molar refractivity (Wildman–Crippen MR) is 73.7 cm³/mol. The molecular weight excluding hydrogens is 276 g/mol. The highest BCUT2D eigenvalue weighted by molar-refractivity contribution is 7.85. The molecule has 6 heteroatoms. The van der Waals surface area contributed by atoms with E-state index in [2.05, 4.69) is 6.92 Å². The van der Waals surface area contributed by atoms with Crippen LogP contribution in [0, 0.1) is 0 Å². The van der Waals surface area contributed by atoms with Gasteiger partial charge in [-0.2, -0.15) is 8.42 Å². The van der Waals surface area contributed by atoms with Gasteiger partial charge in [0.15, 0.2) is 0 Å². The van der Waals surface area contributed by atoms with Gasteiger partial charge in [0, 0.05) is 17.5 Å². The minimum absolute atomic E-state index is 0.218. The molecule has 0 saturated heterocycles. The van der Waals surface area contributed by atoms with E-state index in [1.165, 1.54) is 5.56 Å². The lowest BCUT2D eigenvalue weighted by Gasteiger charge is -2.12. The first-order valence-electron chi connectivity index (χ1n) is 5.56. The first-order valence-corrected chi connectivity index (χ1v) is 7.79. The fraction of sp³-hybridized carbons (Fsp3) is 0.500. The van der Waals surface area contributed by atoms with Gasteiger partial charge >= 0.3 is 0 Å². The van der Waals surface area contributed by atoms with Crippen molar-refractivity contribution in [3.8, 4) is 0 Å². The van der Waals surface area contributed by atoms with Crippen molar-refractivity contribution in [2.75, 3.05) is 12.9 Å². The lowest BCUT2D eigenvalue weighted by atomic mass is 9.96. The van der Waals surface area contributed by atoms with Gasteiger partial charge in [0.2, 0.25) is 0 Å². The lowest BCUT2D eigenvalue weighted by molar-refractivity contribution is 0.258. The first kappa shape index (κ1) is 17.4. The summed E-state index contributed by atoms with van der Waals surface area (Å²) in [6, 6.07) is 7.71. The number of halogens is 1. The molecule has 1 aromatic rings. The summed E-state index contributed by atoms with van der Waals surface area (Å²) >= 11 is 5.77. The monoisotopic (exact) mass is 294 g/mol. The normalized spacial score (nSPS) is 12.5. The van der Waals surface area contributed by atoms with E-state index in [1.807, 2.05) is 24.3 Å². The maximum absolute atomic E-state index is 9.19. The second-order valence-corrected chi connectivity index (χ2v) is 5.86. The Morgan fingerprint density at radius 1 is 1.28 bits per heavy atom. The standard InChI is InChI=1S/C11H15ClO.CH4O3S/c1-2-3-10(8-13)9-4-6-11(12)7-5-9;1-5(2,3)4/h4-7,10,13H,2-3,8H2,1H3;1H3,(H,2,3,4). The van der Waals surface area contributed by atoms with Crippen LogP contribution in [0.1, 0.15) is 31.2 Å². The molecule has 1 rings (SSSR count). The van der Waals surface area contributed by atoms with E-state index in [9.17, 15) is 8.42 Å². The molecule has 18 heavy (non-hydrogen) atoms. The summed E-state index contributed by atoms with van der Waals surface area (Å²) in [7, 11) is -3.67. The van der Waals surface area contributed by atoms with Crippen molar-refractivity contribution in [3.05, 3.63) is 34.9 Å². The number of hydrogen-bond acceptors (Lipinski definition) is 3. The van der Waals surface area contributed by atoms with Crippen LogP contribution in [0.4, 0.5) is 0 Å². The van der Waals surface area contributed by atoms with Gasteiger partial charge in [0.25, 0.3) is 10.1 Å². The van der Waals surface area contributed by atoms with Crippen LogP contribution in [0.2, 0.25) is 5.02 Å². The van der Waals surface area contributed by atoms with Gasteiger partial charge in [0.1, 0.15) is 0 Å². The van der Waals surface area contributed by atoms with Crippen LogP contribution in [0.25, 0.3) is 0 Å². The summed E-state index contributed by atoms with van der Waals surface area (Å²) in [4.78, 5) is 0. The Balaban J connectivity index is 0.000000494. The predicted octanol–water partition coefficient (Wildman–Crippen LogP) is 2.72. The van der Waals surface area contributed by atoms with Crippen LogP contribution in [0.5, 0.6) is 0 Å². The Hall–Kier alpha value is -0.620. The zero-order valence-corrected chi connectivity index (χ0v) is 12.1. The molecule has 0 heterocycles. The summed E-state index contributed by atoms with van der Waals surface area (Å²) in [6.07, 6.45) is 2.83. The van der Waals surface area contributed by atoms with E-state index in [0.29, 0.717) is 6.26 Å². The second-order valence-electron chi connectivity index (χ2n) is 3.95. The second kappa shape index (κ2) is 8.48. The molecule has 0 radical (unpaired) electrons. The molecule has 1 unspecified atom stereocenters. The Kier molecular flexibility index (Phi) is 8.18. The third-order valence-corrected chi connectivity index (χ3v) is 2.45. The first-order chi connectivity index (χ1) is 8.27. The molecule has 0 aliphatic rings. The molecule has 4 nitrogen and oxygen atoms in total. The molecule has 0 aliphatic heterocycles. The van der Waals surface area contributed by atoms with Crippen LogP contribution >= 0.6 is 11.6 Å². The third kappa shape index (κ3) is 9.41. The number of benzene rings is 1. The van der Waals surface area contributed by atoms with Crippen LogP contribution < -0.4 is 0 Å². The quantitative estimate of drug-likeness (QED) is 0.837. The van der Waals surface area contributed by atoms with Crippen LogP contribution in [-0.2, 0) is 10.1 Å². The summed E-state index contributed by atoms with van der Waals surface area (Å²) < 4.78 is 25.9. The average Bonchev–Trinajstić information content (AvgIpc) is 2.25. The number of aliphatic hydroxyl groups excluding tert-OH is 1. The Morgan fingerprint density at radius 3 is 2.06 bits per heavy atom. The van der Waals surface area contributed by atoms with Crippen molar-refractivity contribution in [2.45, 2.75) is 25.7 Å². The van der Waals surface area contributed by atoms with Crippen molar-refractivity contribution in [1.82, 2.24) is 0 Å². The van der Waals surface area contributed by atoms with Gasteiger partial charge in [-0.05, 0) is 24.1 Å². The van der Waals surface area contributed by atoms with Crippen molar-refractivity contribution < 1.29 is 18.1 Å². The van der Waals surface area contributed by atoms with E-state index in [4.69, 9.17) is 21.3 Å². The topological polar surface area (TPSA) is 74.6 Å². The SMILES string of the molecule is CCCC(CO)c1ccc(Cl)cc1.CS(=O)(=O)O. The molecular formula is C12H19ClO4S. The molecule has 1 atom stereocenters. The van der Waals surface area contributed by atoms with Crippen molar-refractivity contribution in [1.29, 1.82) is 0 Å². The van der Waals surface area contributed by atoms with E-state index in [0.717, 1.165) is 17.9 Å². The average molecular weight is 295 g/mol. The van der Waals surface area contributed by atoms with Gasteiger partial charge in [-0.15, -0.1) is 0 Å². The Morgan fingerprint density at radius 2 is 1.72 bits per heavy atom. The molecule has 0 aliphatic carbocycles. The van der Waals surface area contributed by atoms with Gasteiger partial charge in [0.05, 0.1) is 6.26 Å². The lowest BCUT2D eigenvalue weighted by Crippen LogP contribution is -2.03. The van der Waals surface area contributed by atoms with Gasteiger partial charge in [-0.1, -0.05) is 37.1 Å². The van der Waals surface area contributed by atoms with Gasteiger partial charge in [-0.3, -0.25) is 4.55 Å². The molecule has 0 amide bonds. The third-order valence-electron chi connectivity index (χ3n) is 2.20. The summed E-state index contributed by atoms with van der Waals surface area (Å²) in [6.45, 7) is 2.34. The highest BCUT2D eigenvalue weighted by Gasteiger charge is 2.08. The molecule has 0 saturated carbocycles. The zero-order chi connectivity index (χ0) is 14.2. The van der Waals surface area contributed by atoms with Gasteiger partial charge in [-0.25, -0.2) is 0 Å². The molecule has 0 bridgehead atoms. The summed E-state index contributed by atoms with van der Waals surface area (Å²) in [5.74, 6) is 0.266. The maximum Gasteiger partial charge on any atom is 0.261 e. The minimum Gasteiger partial charge on any atom is -0.396 e. The van der Waals surface area contributed by atoms with Crippen molar-refractivity contribution in [3.63, 3.8) is 0 Å². The van der Waals surface area contributed by atoms with Crippen LogP contribution in [-0.4, -0.2) is 30.9 Å². The summed E-state index contributed by atoms with van der Waals surface area (Å²) in [5.41, 5.74) is 1.17. The molecule has 104 valence electrons. The fourth-order valence-electron chi connectivity index (χ4n) is 1.45. The Bertz CT molecular complexity index is 420. The van der Waals surface area contributed by atoms with Crippen molar-refractivity contribution >= 4 is 21.7 Å². The van der Waals surface area contributed by atoms with E-state index >= 15 is 0 Å². The van der Waals surface area contributed by atoms with Crippen LogP contribution in [0.15, 0.2) is 24.3 Å². The number of aliphatic hydroxyl groups is 1. The molecule has 2 N–H and O–H groups in total. The zero-order valence-electron chi connectivity index (χ0n) is 10.5. The largest absolute Gasteiger partial charge is 0.396 e. The highest BCUT2D eigenvalue weighted by Crippen LogP contribution is 2.22. The fourth-order valence-corrected chi connectivity index (χ4v) is 1.57. The molecule has 0 aromatic heterocycles. The van der Waals surface area contributed by atoms with E-state index in [-0.39, 0.29) is 12.5 Å². The number of rotatable bonds is 4. The van der Waals surface area contributed by atoms with Gasteiger partial charge < -0.3 is 5.11 Å². The smallest absolute Gasteiger partial charge is 0.261 e. The number of hydrogen-bond donors (Lipinski definition) is 2. The van der Waals surface area contributed by atoms with Crippen molar-refractivity contribution in [2.24, 2.45) is 0 Å². The Labute approximate surface area is 113 Å². The highest BCUT2D eigenvalue weighted by atomic mass is 35.5. The summed E-state index contributed by atoms with van der Waals surface area (Å²) in [5, 5.41) is 9.89. The maximum atomic E-state index is 9.19. The molecule has 0 spiro atoms. The molecule has 1 aromatic carbocycles.